The molecule has 1 aliphatic heterocycles. The fourth-order valence-corrected chi connectivity index (χ4v) is 2.91. The van der Waals surface area contributed by atoms with Gasteiger partial charge >= 0.3 is 0 Å². The van der Waals surface area contributed by atoms with Crippen molar-refractivity contribution in [2.24, 2.45) is 11.8 Å². The van der Waals surface area contributed by atoms with Crippen LogP contribution in [-0.2, 0) is 4.74 Å². The van der Waals surface area contributed by atoms with Crippen molar-refractivity contribution < 1.29 is 4.74 Å². The van der Waals surface area contributed by atoms with Crippen molar-refractivity contribution >= 4 is 0 Å². The molecule has 17 heavy (non-hydrogen) atoms. The highest BCUT2D eigenvalue weighted by atomic mass is 16.5. The molecule has 4 heteroatoms. The summed E-state index contributed by atoms with van der Waals surface area (Å²) in [6.07, 6.45) is 2.25. The number of nitrogens with one attached hydrogen (secondary N) is 1. The number of ether oxygens (including phenoxy) is 1. The zero-order valence-corrected chi connectivity index (χ0v) is 11.8. The third-order valence-corrected chi connectivity index (χ3v) is 4.51. The first-order valence-corrected chi connectivity index (χ1v) is 6.89. The van der Waals surface area contributed by atoms with Crippen molar-refractivity contribution in [3.05, 3.63) is 0 Å². The molecular formula is C13H29N3O. The molecule has 0 aromatic rings. The lowest BCUT2D eigenvalue weighted by molar-refractivity contribution is -0.0402. The lowest BCUT2D eigenvalue weighted by Gasteiger charge is -2.49. The van der Waals surface area contributed by atoms with Gasteiger partial charge < -0.3 is 4.74 Å². The third-order valence-electron chi connectivity index (χ3n) is 4.51. The summed E-state index contributed by atoms with van der Waals surface area (Å²) in [5, 5.41) is 0. The summed E-state index contributed by atoms with van der Waals surface area (Å²) in [5.41, 5.74) is 3.18. The molecule has 1 fully saturated rings. The molecule has 102 valence electrons. The van der Waals surface area contributed by atoms with E-state index in [1.165, 1.54) is 0 Å². The molecule has 0 amide bonds. The minimum Gasteiger partial charge on any atom is -0.379 e. The van der Waals surface area contributed by atoms with Crippen LogP contribution in [0.5, 0.6) is 0 Å². The van der Waals surface area contributed by atoms with Crippen LogP contribution >= 0.6 is 0 Å². The third kappa shape index (κ3) is 3.19. The topological polar surface area (TPSA) is 50.5 Å². The van der Waals surface area contributed by atoms with Gasteiger partial charge in [0.25, 0.3) is 0 Å². The van der Waals surface area contributed by atoms with E-state index in [1.807, 2.05) is 0 Å². The SMILES string of the molecule is CCC(C)C(NN)C(C)(CC)N1CCOCC1. The Morgan fingerprint density at radius 1 is 1.35 bits per heavy atom. The quantitative estimate of drug-likeness (QED) is 0.546. The zero-order chi connectivity index (χ0) is 12.9. The largest absolute Gasteiger partial charge is 0.379 e. The second-order valence-corrected chi connectivity index (χ2v) is 5.34. The second kappa shape index (κ2) is 6.69. The van der Waals surface area contributed by atoms with Crippen LogP contribution in [0.2, 0.25) is 0 Å². The van der Waals surface area contributed by atoms with Crippen LogP contribution in [0.4, 0.5) is 0 Å². The number of nitrogens with two attached hydrogens (primary N) is 1. The predicted molar refractivity (Wildman–Crippen MR) is 71.7 cm³/mol. The second-order valence-electron chi connectivity index (χ2n) is 5.34. The molecular weight excluding hydrogens is 214 g/mol. The van der Waals surface area contributed by atoms with Crippen LogP contribution in [0.3, 0.4) is 0 Å². The molecule has 0 spiro atoms. The highest BCUT2D eigenvalue weighted by Gasteiger charge is 2.40. The monoisotopic (exact) mass is 243 g/mol. The van der Waals surface area contributed by atoms with Crippen LogP contribution in [-0.4, -0.2) is 42.8 Å². The fraction of sp³-hybridized carbons (Fsp3) is 1.00. The number of morpholine rings is 1. The summed E-state index contributed by atoms with van der Waals surface area (Å²) in [4.78, 5) is 2.53. The Hall–Kier alpha value is -0.160. The Bertz CT molecular complexity index is 219. The molecule has 3 unspecified atom stereocenters. The molecule has 0 aromatic heterocycles. The van der Waals surface area contributed by atoms with Gasteiger partial charge in [0.15, 0.2) is 0 Å². The number of hydrogen-bond donors (Lipinski definition) is 2. The number of rotatable bonds is 6. The first kappa shape index (κ1) is 14.9. The summed E-state index contributed by atoms with van der Waals surface area (Å²) in [6, 6.07) is 0.329. The van der Waals surface area contributed by atoms with E-state index in [1.54, 1.807) is 0 Å². The average molecular weight is 243 g/mol. The van der Waals surface area contributed by atoms with Gasteiger partial charge in [-0.05, 0) is 19.3 Å². The molecule has 1 saturated heterocycles. The maximum Gasteiger partial charge on any atom is 0.0594 e. The minimum absolute atomic E-state index is 0.119. The van der Waals surface area contributed by atoms with Gasteiger partial charge in [-0.3, -0.25) is 16.2 Å². The summed E-state index contributed by atoms with van der Waals surface area (Å²) in [5.74, 6) is 6.39. The van der Waals surface area contributed by atoms with Crippen LogP contribution in [0.1, 0.15) is 40.5 Å². The zero-order valence-electron chi connectivity index (χ0n) is 11.8. The molecule has 3 N–H and O–H groups in total. The van der Waals surface area contributed by atoms with Crippen molar-refractivity contribution in [2.75, 3.05) is 26.3 Å². The number of nitrogens with zero attached hydrogens (tertiary/aromatic N) is 1. The average Bonchev–Trinajstić information content (AvgIpc) is 2.39. The molecule has 3 atom stereocenters. The highest BCUT2D eigenvalue weighted by Crippen LogP contribution is 2.29. The van der Waals surface area contributed by atoms with Gasteiger partial charge in [-0.15, -0.1) is 0 Å². The molecule has 0 aromatic carbocycles. The summed E-state index contributed by atoms with van der Waals surface area (Å²) in [6.45, 7) is 12.8. The van der Waals surface area contributed by atoms with E-state index in [-0.39, 0.29) is 5.54 Å². The molecule has 0 saturated carbocycles. The summed E-state index contributed by atoms with van der Waals surface area (Å²) < 4.78 is 5.45. The Balaban J connectivity index is 2.82. The first-order valence-electron chi connectivity index (χ1n) is 6.89. The molecule has 1 aliphatic rings. The Morgan fingerprint density at radius 2 is 1.94 bits per heavy atom. The minimum atomic E-state index is 0.119. The van der Waals surface area contributed by atoms with Crippen LogP contribution < -0.4 is 11.3 Å². The van der Waals surface area contributed by atoms with E-state index in [4.69, 9.17) is 10.6 Å². The standard InChI is InChI=1S/C13H29N3O/c1-5-11(3)12(15-14)13(4,6-2)16-7-9-17-10-8-16/h11-12,15H,5-10,14H2,1-4H3. The molecule has 1 heterocycles. The van der Waals surface area contributed by atoms with E-state index in [2.05, 4.69) is 38.0 Å². The lowest BCUT2D eigenvalue weighted by Crippen LogP contribution is -2.65. The van der Waals surface area contributed by atoms with Crippen molar-refractivity contribution in [1.82, 2.24) is 10.3 Å². The normalized spacial score (nSPS) is 25.2. The van der Waals surface area contributed by atoms with Crippen molar-refractivity contribution in [2.45, 2.75) is 52.1 Å². The van der Waals surface area contributed by atoms with Crippen molar-refractivity contribution in [1.29, 1.82) is 0 Å². The molecule has 4 nitrogen and oxygen atoms in total. The number of hydrazine groups is 1. The van der Waals surface area contributed by atoms with Crippen LogP contribution in [0.15, 0.2) is 0 Å². The maximum absolute atomic E-state index is 5.81. The number of hydrogen-bond acceptors (Lipinski definition) is 4. The van der Waals surface area contributed by atoms with Gasteiger partial charge in [-0.2, -0.15) is 0 Å². The predicted octanol–water partition coefficient (Wildman–Crippen LogP) is 1.37. The fourth-order valence-electron chi connectivity index (χ4n) is 2.91. The van der Waals surface area contributed by atoms with Gasteiger partial charge in [-0.25, -0.2) is 0 Å². The Morgan fingerprint density at radius 3 is 2.35 bits per heavy atom. The van der Waals surface area contributed by atoms with E-state index in [0.29, 0.717) is 12.0 Å². The van der Waals surface area contributed by atoms with Crippen molar-refractivity contribution in [3.8, 4) is 0 Å². The summed E-state index contributed by atoms with van der Waals surface area (Å²) in [7, 11) is 0. The van der Waals surface area contributed by atoms with Gasteiger partial charge in [0.05, 0.1) is 13.2 Å². The van der Waals surface area contributed by atoms with E-state index in [0.717, 1.165) is 39.1 Å². The van der Waals surface area contributed by atoms with E-state index in [9.17, 15) is 0 Å². The Labute approximate surface area is 106 Å². The van der Waals surface area contributed by atoms with Crippen molar-refractivity contribution in [3.63, 3.8) is 0 Å². The molecule has 0 aliphatic carbocycles. The first-order chi connectivity index (χ1) is 8.10. The van der Waals surface area contributed by atoms with Gasteiger partial charge in [0.2, 0.25) is 0 Å². The smallest absolute Gasteiger partial charge is 0.0594 e. The summed E-state index contributed by atoms with van der Waals surface area (Å²) >= 11 is 0. The lowest BCUT2D eigenvalue weighted by atomic mass is 9.79. The van der Waals surface area contributed by atoms with Crippen LogP contribution in [0.25, 0.3) is 0 Å². The van der Waals surface area contributed by atoms with Gasteiger partial charge in [0.1, 0.15) is 0 Å². The van der Waals surface area contributed by atoms with Gasteiger partial charge in [-0.1, -0.05) is 27.2 Å². The molecule has 1 rings (SSSR count). The molecule has 0 bridgehead atoms. The van der Waals surface area contributed by atoms with E-state index >= 15 is 0 Å². The van der Waals surface area contributed by atoms with Gasteiger partial charge in [0, 0.05) is 24.7 Å². The molecule has 0 radical (unpaired) electrons. The van der Waals surface area contributed by atoms with Crippen LogP contribution in [0, 0.1) is 5.92 Å². The Kier molecular flexibility index (Phi) is 5.86. The highest BCUT2D eigenvalue weighted by molar-refractivity contribution is 4.98. The van der Waals surface area contributed by atoms with E-state index < -0.39 is 0 Å². The maximum atomic E-state index is 5.81.